The van der Waals surface area contributed by atoms with E-state index in [0.29, 0.717) is 5.90 Å². The first-order valence-electron chi connectivity index (χ1n) is 3.64. The lowest BCUT2D eigenvalue weighted by molar-refractivity contribution is 0.267. The summed E-state index contributed by atoms with van der Waals surface area (Å²) in [5.74, 6) is 0.326. The van der Waals surface area contributed by atoms with E-state index in [1.54, 1.807) is 0 Å². The van der Waals surface area contributed by atoms with Crippen molar-refractivity contribution in [1.82, 2.24) is 0 Å². The fraction of sp³-hybridized carbons (Fsp3) is 0.800. The molecule has 0 rings (SSSR count). The highest BCUT2D eigenvalue weighted by Crippen LogP contribution is 2.62. The molecule has 0 fully saturated rings. The summed E-state index contributed by atoms with van der Waals surface area (Å²) < 4.78 is 30.6. The molecule has 0 saturated heterocycles. The standard InChI is InChI=1S/C5H13O6P2/c1-3-10-12(6,7)5-13(8,9)11-4-2/h5H,3-4H2,1-2H3,(H,6,7)(H,8,9). The second-order valence-electron chi connectivity index (χ2n) is 2.08. The fourth-order valence-corrected chi connectivity index (χ4v) is 3.37. The first kappa shape index (κ1) is 13.3. The van der Waals surface area contributed by atoms with Gasteiger partial charge in [-0.1, -0.05) is 0 Å². The van der Waals surface area contributed by atoms with Crippen LogP contribution < -0.4 is 0 Å². The molecule has 2 unspecified atom stereocenters. The molecule has 0 aromatic carbocycles. The lowest BCUT2D eigenvalue weighted by atomic mass is 10.9. The normalized spacial score (nSPS) is 20.6. The quantitative estimate of drug-likeness (QED) is 0.673. The second-order valence-corrected chi connectivity index (χ2v) is 5.78. The zero-order valence-corrected chi connectivity index (χ0v) is 9.20. The van der Waals surface area contributed by atoms with Crippen molar-refractivity contribution < 1.29 is 28.0 Å². The van der Waals surface area contributed by atoms with E-state index in [4.69, 9.17) is 9.79 Å². The van der Waals surface area contributed by atoms with E-state index < -0.39 is 15.2 Å². The molecule has 6 nitrogen and oxygen atoms in total. The van der Waals surface area contributed by atoms with Gasteiger partial charge in [-0.15, -0.1) is 0 Å². The smallest absolute Gasteiger partial charge is 0.324 e. The zero-order valence-electron chi connectivity index (χ0n) is 7.41. The van der Waals surface area contributed by atoms with Gasteiger partial charge in [0.05, 0.1) is 13.2 Å². The van der Waals surface area contributed by atoms with Crippen LogP contribution in [0, 0.1) is 5.90 Å². The molecule has 79 valence electrons. The van der Waals surface area contributed by atoms with Gasteiger partial charge in [-0.25, -0.2) is 0 Å². The van der Waals surface area contributed by atoms with Crippen molar-refractivity contribution in [3.05, 3.63) is 5.90 Å². The molecular formula is C5H13O6P2. The van der Waals surface area contributed by atoms with Crippen molar-refractivity contribution in [2.75, 3.05) is 13.2 Å². The Labute approximate surface area is 76.9 Å². The highest BCUT2D eigenvalue weighted by molar-refractivity contribution is 7.74. The summed E-state index contributed by atoms with van der Waals surface area (Å²) in [5.41, 5.74) is 0. The molecule has 0 aliphatic heterocycles. The average molecular weight is 231 g/mol. The van der Waals surface area contributed by atoms with E-state index in [1.807, 2.05) is 0 Å². The highest BCUT2D eigenvalue weighted by Gasteiger charge is 2.33. The Hall–Kier alpha value is 0.300. The van der Waals surface area contributed by atoms with Gasteiger partial charge < -0.3 is 18.8 Å². The monoisotopic (exact) mass is 231 g/mol. The van der Waals surface area contributed by atoms with Crippen LogP contribution in [0.4, 0.5) is 0 Å². The molecule has 8 heteroatoms. The van der Waals surface area contributed by atoms with Gasteiger partial charge in [0.1, 0.15) is 0 Å². The third-order valence-corrected chi connectivity index (χ3v) is 4.51. The van der Waals surface area contributed by atoms with Crippen molar-refractivity contribution in [2.45, 2.75) is 13.8 Å². The van der Waals surface area contributed by atoms with Gasteiger partial charge in [0, 0.05) is 0 Å². The van der Waals surface area contributed by atoms with Gasteiger partial charge in [-0.05, 0) is 13.8 Å². The van der Waals surface area contributed by atoms with Crippen LogP contribution in [-0.4, -0.2) is 23.0 Å². The van der Waals surface area contributed by atoms with Crippen molar-refractivity contribution >= 4 is 15.2 Å². The van der Waals surface area contributed by atoms with E-state index in [9.17, 15) is 9.13 Å². The Morgan fingerprint density at radius 1 is 1.08 bits per heavy atom. The van der Waals surface area contributed by atoms with Crippen molar-refractivity contribution in [1.29, 1.82) is 0 Å². The lowest BCUT2D eigenvalue weighted by Crippen LogP contribution is -1.94. The summed E-state index contributed by atoms with van der Waals surface area (Å²) >= 11 is 0. The Morgan fingerprint density at radius 2 is 1.38 bits per heavy atom. The van der Waals surface area contributed by atoms with Gasteiger partial charge in [-0.2, -0.15) is 0 Å². The summed E-state index contributed by atoms with van der Waals surface area (Å²) in [7, 11) is -8.21. The van der Waals surface area contributed by atoms with Crippen LogP contribution in [0.15, 0.2) is 0 Å². The first-order chi connectivity index (χ1) is 5.83. The molecule has 2 atom stereocenters. The topological polar surface area (TPSA) is 93.1 Å². The molecule has 0 heterocycles. The van der Waals surface area contributed by atoms with E-state index >= 15 is 0 Å². The summed E-state index contributed by atoms with van der Waals surface area (Å²) in [5, 5.41) is 0. The van der Waals surface area contributed by atoms with Gasteiger partial charge in [0.25, 0.3) is 0 Å². The maximum Gasteiger partial charge on any atom is 0.344 e. The second kappa shape index (κ2) is 5.25. The van der Waals surface area contributed by atoms with Gasteiger partial charge in [0.2, 0.25) is 0 Å². The molecule has 0 saturated carbocycles. The average Bonchev–Trinajstić information content (AvgIpc) is 1.82. The lowest BCUT2D eigenvalue weighted by Gasteiger charge is -2.14. The zero-order chi connectivity index (χ0) is 10.5. The Morgan fingerprint density at radius 3 is 1.62 bits per heavy atom. The molecule has 0 aromatic rings. The van der Waals surface area contributed by atoms with Crippen LogP contribution >= 0.6 is 15.2 Å². The van der Waals surface area contributed by atoms with Crippen LogP contribution in [0.25, 0.3) is 0 Å². The van der Waals surface area contributed by atoms with E-state index in [1.165, 1.54) is 13.8 Å². The van der Waals surface area contributed by atoms with E-state index in [-0.39, 0.29) is 13.2 Å². The van der Waals surface area contributed by atoms with Crippen LogP contribution in [0.1, 0.15) is 13.8 Å². The Bertz CT molecular complexity index is 215. The van der Waals surface area contributed by atoms with Crippen LogP contribution in [-0.2, 0) is 18.2 Å². The van der Waals surface area contributed by atoms with E-state index in [0.717, 1.165) is 0 Å². The van der Waals surface area contributed by atoms with Crippen LogP contribution in [0.5, 0.6) is 0 Å². The summed E-state index contributed by atoms with van der Waals surface area (Å²) in [6.07, 6.45) is 0. The molecule has 0 aliphatic carbocycles. The first-order valence-corrected chi connectivity index (χ1v) is 6.93. The summed E-state index contributed by atoms with van der Waals surface area (Å²) in [6.45, 7) is 2.96. The minimum Gasteiger partial charge on any atom is -0.324 e. The molecular weight excluding hydrogens is 218 g/mol. The molecule has 1 radical (unpaired) electrons. The van der Waals surface area contributed by atoms with E-state index in [2.05, 4.69) is 9.05 Å². The SMILES string of the molecule is CCOP(=O)(O)[CH]P(=O)(O)OCC. The van der Waals surface area contributed by atoms with Gasteiger partial charge in [-0.3, -0.25) is 9.13 Å². The van der Waals surface area contributed by atoms with Crippen molar-refractivity contribution in [3.63, 3.8) is 0 Å². The molecule has 0 aromatic heterocycles. The minimum absolute atomic E-state index is 0.0175. The predicted molar refractivity (Wildman–Crippen MR) is 47.2 cm³/mol. The third-order valence-electron chi connectivity index (χ3n) is 0.920. The Kier molecular flexibility index (Phi) is 5.37. The number of rotatable bonds is 6. The third kappa shape index (κ3) is 6.38. The molecule has 0 amide bonds. The van der Waals surface area contributed by atoms with Gasteiger partial charge >= 0.3 is 15.2 Å². The molecule has 2 N–H and O–H groups in total. The minimum atomic E-state index is -4.11. The molecule has 0 bridgehead atoms. The summed E-state index contributed by atoms with van der Waals surface area (Å²) in [4.78, 5) is 17.9. The molecule has 0 aliphatic rings. The molecule has 0 spiro atoms. The fourth-order valence-electron chi connectivity index (χ4n) is 0.621. The maximum absolute atomic E-state index is 11.0. The van der Waals surface area contributed by atoms with Crippen molar-refractivity contribution in [3.8, 4) is 0 Å². The largest absolute Gasteiger partial charge is 0.344 e. The van der Waals surface area contributed by atoms with Crippen molar-refractivity contribution in [2.24, 2.45) is 0 Å². The highest BCUT2D eigenvalue weighted by atomic mass is 31.2. The molecule has 13 heavy (non-hydrogen) atoms. The number of hydrogen-bond donors (Lipinski definition) is 2. The Balaban J connectivity index is 4.25. The predicted octanol–water partition coefficient (Wildman–Crippen LogP) is 1.55. The summed E-state index contributed by atoms with van der Waals surface area (Å²) in [6, 6.07) is 0. The number of hydrogen-bond acceptors (Lipinski definition) is 4. The van der Waals surface area contributed by atoms with Crippen LogP contribution in [0.3, 0.4) is 0 Å². The van der Waals surface area contributed by atoms with Gasteiger partial charge in [0.15, 0.2) is 5.90 Å². The van der Waals surface area contributed by atoms with Crippen LogP contribution in [0.2, 0.25) is 0 Å². The maximum atomic E-state index is 11.0.